The van der Waals surface area contributed by atoms with E-state index in [0.717, 1.165) is 5.56 Å². The standard InChI is InChI=1S/C22H26N2O4/c1-4-27-15-19(17-6-10-23-11-7-17)21(25)14-22(3,26)20(16-28-5-2)18-8-12-24-13-9-18/h6-13,15-16,26H,4-5,14H2,1-3H3/b19-15+,20-16+. The molecule has 0 radical (unpaired) electrons. The molecule has 2 aromatic rings. The maximum Gasteiger partial charge on any atom is 0.169 e. The van der Waals surface area contributed by atoms with Crippen molar-refractivity contribution >= 4 is 16.9 Å². The smallest absolute Gasteiger partial charge is 0.169 e. The average molecular weight is 382 g/mol. The molecule has 0 spiro atoms. The molecule has 2 rings (SSSR count). The van der Waals surface area contributed by atoms with Gasteiger partial charge in [0.1, 0.15) is 0 Å². The highest BCUT2D eigenvalue weighted by molar-refractivity contribution is 6.21. The molecule has 0 amide bonds. The summed E-state index contributed by atoms with van der Waals surface area (Å²) < 4.78 is 10.8. The minimum Gasteiger partial charge on any atom is -0.501 e. The predicted octanol–water partition coefficient (Wildman–Crippen LogP) is 3.64. The van der Waals surface area contributed by atoms with Gasteiger partial charge in [0.15, 0.2) is 5.78 Å². The molecule has 0 aliphatic heterocycles. The zero-order valence-electron chi connectivity index (χ0n) is 16.5. The summed E-state index contributed by atoms with van der Waals surface area (Å²) >= 11 is 0. The van der Waals surface area contributed by atoms with E-state index in [0.29, 0.717) is 29.9 Å². The van der Waals surface area contributed by atoms with Crippen molar-refractivity contribution in [2.45, 2.75) is 32.8 Å². The van der Waals surface area contributed by atoms with Gasteiger partial charge < -0.3 is 14.6 Å². The summed E-state index contributed by atoms with van der Waals surface area (Å²) in [4.78, 5) is 21.1. The van der Waals surface area contributed by atoms with Crippen LogP contribution in [0.2, 0.25) is 0 Å². The van der Waals surface area contributed by atoms with Gasteiger partial charge in [0.25, 0.3) is 0 Å². The van der Waals surface area contributed by atoms with Gasteiger partial charge >= 0.3 is 0 Å². The first-order chi connectivity index (χ1) is 13.5. The van der Waals surface area contributed by atoms with Crippen molar-refractivity contribution in [2.75, 3.05) is 13.2 Å². The number of carbonyl (C=O) groups is 1. The van der Waals surface area contributed by atoms with Gasteiger partial charge in [0.2, 0.25) is 0 Å². The third-order valence-electron chi connectivity index (χ3n) is 4.10. The molecule has 6 heteroatoms. The summed E-state index contributed by atoms with van der Waals surface area (Å²) in [5.74, 6) is -0.249. The maximum atomic E-state index is 13.1. The molecule has 1 N–H and O–H groups in total. The lowest BCUT2D eigenvalue weighted by Gasteiger charge is -2.26. The Morgan fingerprint density at radius 2 is 1.46 bits per heavy atom. The molecule has 1 atom stereocenters. The first-order valence-corrected chi connectivity index (χ1v) is 9.20. The predicted molar refractivity (Wildman–Crippen MR) is 108 cm³/mol. The highest BCUT2D eigenvalue weighted by atomic mass is 16.5. The first kappa shape index (κ1) is 21.3. The number of hydrogen-bond acceptors (Lipinski definition) is 6. The molecule has 148 valence electrons. The zero-order valence-corrected chi connectivity index (χ0v) is 16.5. The van der Waals surface area contributed by atoms with Crippen LogP contribution in [0.4, 0.5) is 0 Å². The molecular weight excluding hydrogens is 356 g/mol. The fourth-order valence-electron chi connectivity index (χ4n) is 2.70. The number of ketones is 1. The van der Waals surface area contributed by atoms with Gasteiger partial charge in [-0.05, 0) is 56.2 Å². The molecule has 6 nitrogen and oxygen atoms in total. The van der Waals surface area contributed by atoms with E-state index in [2.05, 4.69) is 9.97 Å². The zero-order chi connectivity index (χ0) is 20.4. The second-order valence-corrected chi connectivity index (χ2v) is 6.32. The van der Waals surface area contributed by atoms with Crippen LogP contribution in [0.5, 0.6) is 0 Å². The summed E-state index contributed by atoms with van der Waals surface area (Å²) in [7, 11) is 0. The van der Waals surface area contributed by atoms with Gasteiger partial charge in [0.05, 0.1) is 36.9 Å². The number of nitrogens with zero attached hydrogens (tertiary/aromatic N) is 2. The fraction of sp³-hybridized carbons (Fsp3) is 0.318. The van der Waals surface area contributed by atoms with E-state index in [1.807, 2.05) is 13.8 Å². The number of carbonyl (C=O) groups excluding carboxylic acids is 1. The average Bonchev–Trinajstić information content (AvgIpc) is 2.69. The largest absolute Gasteiger partial charge is 0.501 e. The van der Waals surface area contributed by atoms with Crippen LogP contribution in [0.3, 0.4) is 0 Å². The van der Waals surface area contributed by atoms with Gasteiger partial charge in [-0.25, -0.2) is 0 Å². The van der Waals surface area contributed by atoms with Gasteiger partial charge in [-0.2, -0.15) is 0 Å². The van der Waals surface area contributed by atoms with Gasteiger partial charge in [-0.15, -0.1) is 0 Å². The van der Waals surface area contributed by atoms with Crippen LogP contribution in [0.25, 0.3) is 11.1 Å². The highest BCUT2D eigenvalue weighted by Crippen LogP contribution is 2.32. The van der Waals surface area contributed by atoms with Crippen LogP contribution in [0.1, 0.15) is 38.3 Å². The molecule has 0 saturated heterocycles. The molecule has 0 saturated carbocycles. The Bertz CT molecular complexity index is 815. The topological polar surface area (TPSA) is 81.5 Å². The van der Waals surface area contributed by atoms with E-state index in [1.54, 1.807) is 56.0 Å². The third-order valence-corrected chi connectivity index (χ3v) is 4.10. The van der Waals surface area contributed by atoms with E-state index < -0.39 is 5.60 Å². The maximum absolute atomic E-state index is 13.1. The number of ether oxygens (including phenoxy) is 2. The number of aromatic nitrogens is 2. The van der Waals surface area contributed by atoms with Crippen LogP contribution < -0.4 is 0 Å². The lowest BCUT2D eigenvalue weighted by Crippen LogP contribution is -2.30. The number of hydrogen-bond donors (Lipinski definition) is 1. The Morgan fingerprint density at radius 3 is 2.00 bits per heavy atom. The van der Waals surface area contributed by atoms with Crippen LogP contribution in [-0.4, -0.2) is 39.7 Å². The second-order valence-electron chi connectivity index (χ2n) is 6.32. The minimum atomic E-state index is -1.45. The van der Waals surface area contributed by atoms with Crippen LogP contribution in [0, 0.1) is 0 Å². The lowest BCUT2D eigenvalue weighted by atomic mass is 9.84. The van der Waals surface area contributed by atoms with Crippen LogP contribution in [-0.2, 0) is 14.3 Å². The first-order valence-electron chi connectivity index (χ1n) is 9.20. The molecular formula is C22H26N2O4. The Balaban J connectivity index is 2.34. The Hall–Kier alpha value is -2.99. The van der Waals surface area contributed by atoms with Crippen LogP contribution >= 0.6 is 0 Å². The van der Waals surface area contributed by atoms with E-state index in [4.69, 9.17) is 9.47 Å². The summed E-state index contributed by atoms with van der Waals surface area (Å²) in [5, 5.41) is 11.2. The van der Waals surface area contributed by atoms with E-state index in [1.165, 1.54) is 12.5 Å². The van der Waals surface area contributed by atoms with Crippen molar-refractivity contribution in [1.82, 2.24) is 9.97 Å². The summed E-state index contributed by atoms with van der Waals surface area (Å²) in [6, 6.07) is 7.00. The summed E-state index contributed by atoms with van der Waals surface area (Å²) in [5.41, 5.74) is 0.862. The van der Waals surface area contributed by atoms with E-state index in [9.17, 15) is 9.90 Å². The number of Topliss-reactive ketones (excluding diaryl/α,β-unsaturated/α-hetero) is 1. The molecule has 2 heterocycles. The Morgan fingerprint density at radius 1 is 0.964 bits per heavy atom. The van der Waals surface area contributed by atoms with E-state index in [-0.39, 0.29) is 12.2 Å². The molecule has 0 fully saturated rings. The van der Waals surface area contributed by atoms with E-state index >= 15 is 0 Å². The molecule has 0 aliphatic carbocycles. The monoisotopic (exact) mass is 382 g/mol. The quantitative estimate of drug-likeness (QED) is 0.499. The van der Waals surface area contributed by atoms with Gasteiger partial charge in [0, 0.05) is 36.8 Å². The summed E-state index contributed by atoms with van der Waals surface area (Å²) in [6.45, 7) is 6.18. The number of pyridine rings is 2. The Kier molecular flexibility index (Phi) is 7.89. The number of aliphatic hydroxyl groups is 1. The Labute approximate surface area is 165 Å². The third kappa shape index (κ3) is 5.76. The molecule has 28 heavy (non-hydrogen) atoms. The molecule has 0 aromatic carbocycles. The fourth-order valence-corrected chi connectivity index (χ4v) is 2.70. The van der Waals surface area contributed by atoms with Crippen molar-refractivity contribution in [3.05, 3.63) is 72.7 Å². The van der Waals surface area contributed by atoms with Crippen molar-refractivity contribution < 1.29 is 19.4 Å². The highest BCUT2D eigenvalue weighted by Gasteiger charge is 2.32. The molecule has 0 aliphatic rings. The normalized spacial score (nSPS) is 14.3. The molecule has 0 bridgehead atoms. The van der Waals surface area contributed by atoms with Gasteiger partial charge in [-0.3, -0.25) is 14.8 Å². The molecule has 1 unspecified atom stereocenters. The second kappa shape index (κ2) is 10.4. The molecule has 2 aromatic heterocycles. The SMILES string of the molecule is CCO/C=C(/C(=O)CC(C)(O)/C(=C/OCC)c1ccncc1)c1ccncc1. The minimum absolute atomic E-state index is 0.143. The van der Waals surface area contributed by atoms with Crippen molar-refractivity contribution in [1.29, 1.82) is 0 Å². The lowest BCUT2D eigenvalue weighted by molar-refractivity contribution is -0.116. The van der Waals surface area contributed by atoms with Crippen LogP contribution in [0.15, 0.2) is 61.6 Å². The van der Waals surface area contributed by atoms with Crippen molar-refractivity contribution in [3.63, 3.8) is 0 Å². The van der Waals surface area contributed by atoms with Crippen molar-refractivity contribution in [2.24, 2.45) is 0 Å². The van der Waals surface area contributed by atoms with Crippen molar-refractivity contribution in [3.8, 4) is 0 Å². The summed E-state index contributed by atoms with van der Waals surface area (Å²) in [6.07, 6.45) is 9.27. The number of allylic oxidation sites excluding steroid dienone is 1. The number of rotatable bonds is 10. The van der Waals surface area contributed by atoms with Gasteiger partial charge in [-0.1, -0.05) is 0 Å².